The topological polar surface area (TPSA) is 33.5 Å². The number of carbonyl (C=O) groups excluding carboxylic acids is 1. The molecule has 0 saturated carbocycles. The van der Waals surface area contributed by atoms with E-state index >= 15 is 0 Å². The molecule has 3 heteroatoms. The second-order valence-corrected chi connectivity index (χ2v) is 5.24. The van der Waals surface area contributed by atoms with Gasteiger partial charge in [0.1, 0.15) is 11.8 Å². The molecule has 3 rings (SSSR count). The molecule has 1 atom stereocenters. The van der Waals surface area contributed by atoms with Gasteiger partial charge in [0.2, 0.25) is 0 Å². The van der Waals surface area contributed by atoms with Gasteiger partial charge in [0, 0.05) is 11.4 Å². The van der Waals surface area contributed by atoms with Crippen LogP contribution in [0.4, 0.5) is 0 Å². The zero-order valence-corrected chi connectivity index (χ0v) is 11.3. The second kappa shape index (κ2) is 5.17. The second-order valence-electron chi connectivity index (χ2n) is 5.24. The van der Waals surface area contributed by atoms with Crippen LogP contribution in [0.5, 0.6) is 0 Å². The number of likely N-dealkylation sites (tertiary alicyclic amines) is 1. The fourth-order valence-corrected chi connectivity index (χ4v) is 3.03. The Morgan fingerprint density at radius 2 is 2.26 bits per heavy atom. The van der Waals surface area contributed by atoms with E-state index in [1.165, 1.54) is 12.8 Å². The van der Waals surface area contributed by atoms with E-state index in [2.05, 4.69) is 11.8 Å². The zero-order valence-electron chi connectivity index (χ0n) is 11.3. The lowest BCUT2D eigenvalue weighted by atomic mass is 10.1. The molecule has 100 valence electrons. The van der Waals surface area contributed by atoms with Crippen molar-refractivity contribution in [2.24, 2.45) is 0 Å². The van der Waals surface area contributed by atoms with Gasteiger partial charge in [0.25, 0.3) is 0 Å². The zero-order chi connectivity index (χ0) is 13.2. The van der Waals surface area contributed by atoms with Gasteiger partial charge in [-0.3, -0.25) is 9.69 Å². The number of hydrogen-bond donors (Lipinski definition) is 0. The highest BCUT2D eigenvalue weighted by Gasteiger charge is 2.26. The average molecular weight is 257 g/mol. The van der Waals surface area contributed by atoms with Crippen LogP contribution in [-0.2, 0) is 0 Å². The Labute approximate surface area is 113 Å². The summed E-state index contributed by atoms with van der Waals surface area (Å²) in [6, 6.07) is 8.29. The molecule has 19 heavy (non-hydrogen) atoms. The van der Waals surface area contributed by atoms with E-state index in [0.29, 0.717) is 12.6 Å². The van der Waals surface area contributed by atoms with Crippen molar-refractivity contribution in [1.82, 2.24) is 4.90 Å². The Morgan fingerprint density at radius 1 is 1.42 bits per heavy atom. The van der Waals surface area contributed by atoms with E-state index in [1.807, 2.05) is 24.3 Å². The van der Waals surface area contributed by atoms with Crippen molar-refractivity contribution in [2.45, 2.75) is 32.2 Å². The summed E-state index contributed by atoms with van der Waals surface area (Å²) in [5.74, 6) is 0.172. The number of hydrogen-bond acceptors (Lipinski definition) is 3. The van der Waals surface area contributed by atoms with Crippen molar-refractivity contribution in [1.29, 1.82) is 0 Å². The molecule has 1 unspecified atom stereocenters. The van der Waals surface area contributed by atoms with Crippen LogP contribution in [0.3, 0.4) is 0 Å². The molecule has 1 aliphatic rings. The summed E-state index contributed by atoms with van der Waals surface area (Å²) in [6.45, 7) is 3.75. The molecule has 1 saturated heterocycles. The van der Waals surface area contributed by atoms with E-state index in [9.17, 15) is 4.79 Å². The molecule has 1 aliphatic heterocycles. The average Bonchev–Trinajstić information content (AvgIpc) is 3.04. The van der Waals surface area contributed by atoms with Crippen LogP contribution in [0.25, 0.3) is 11.0 Å². The Balaban J connectivity index is 1.80. The van der Waals surface area contributed by atoms with E-state index < -0.39 is 0 Å². The van der Waals surface area contributed by atoms with E-state index in [0.717, 1.165) is 29.5 Å². The van der Waals surface area contributed by atoms with Crippen LogP contribution >= 0.6 is 0 Å². The number of benzene rings is 1. The van der Waals surface area contributed by atoms with Gasteiger partial charge < -0.3 is 4.42 Å². The number of fused-ring (bicyclic) bond motifs is 1. The summed E-state index contributed by atoms with van der Waals surface area (Å²) in [6.07, 6.45) is 5.15. The highest BCUT2D eigenvalue weighted by molar-refractivity contribution is 6.08. The number of para-hydroxylation sites is 1. The third-order valence-corrected chi connectivity index (χ3v) is 4.10. The lowest BCUT2D eigenvalue weighted by Gasteiger charge is -2.21. The van der Waals surface area contributed by atoms with Crippen LogP contribution in [0.15, 0.2) is 34.9 Å². The Hall–Kier alpha value is -1.61. The van der Waals surface area contributed by atoms with Crippen LogP contribution in [0, 0.1) is 0 Å². The van der Waals surface area contributed by atoms with Gasteiger partial charge >= 0.3 is 0 Å². The van der Waals surface area contributed by atoms with E-state index in [-0.39, 0.29) is 5.78 Å². The molecule has 2 heterocycles. The maximum atomic E-state index is 12.4. The summed E-state index contributed by atoms with van der Waals surface area (Å²) < 4.78 is 5.45. The standard InChI is InChI=1S/C16H19NO2/c1-2-12-6-5-9-17(12)10-15(18)14-11-19-16-8-4-3-7-13(14)16/h3-4,7-8,11-12H,2,5-6,9-10H2,1H3. The molecule has 0 N–H and O–H groups in total. The maximum Gasteiger partial charge on any atom is 0.180 e. The Bertz CT molecular complexity index is 587. The van der Waals surface area contributed by atoms with Crippen LogP contribution in [0.2, 0.25) is 0 Å². The van der Waals surface area contributed by atoms with Gasteiger partial charge in [0.05, 0.1) is 12.1 Å². The van der Waals surface area contributed by atoms with Gasteiger partial charge in [-0.15, -0.1) is 0 Å². The summed E-state index contributed by atoms with van der Waals surface area (Å²) in [5, 5.41) is 0.930. The quantitative estimate of drug-likeness (QED) is 0.786. The summed E-state index contributed by atoms with van der Waals surface area (Å²) in [5.41, 5.74) is 1.51. The number of rotatable bonds is 4. The summed E-state index contributed by atoms with van der Waals surface area (Å²) in [4.78, 5) is 14.7. The molecule has 1 fully saturated rings. The molecule has 0 bridgehead atoms. The lowest BCUT2D eigenvalue weighted by Crippen LogP contribution is -2.33. The van der Waals surface area contributed by atoms with Gasteiger partial charge in [-0.05, 0) is 31.9 Å². The number of nitrogens with zero attached hydrogens (tertiary/aromatic N) is 1. The molecule has 0 amide bonds. The highest BCUT2D eigenvalue weighted by Crippen LogP contribution is 2.24. The predicted octanol–water partition coefficient (Wildman–Crippen LogP) is 3.49. The number of furan rings is 1. The lowest BCUT2D eigenvalue weighted by molar-refractivity contribution is 0.0921. The molecule has 0 radical (unpaired) electrons. The normalized spacial score (nSPS) is 20.2. The molecule has 3 nitrogen and oxygen atoms in total. The number of Topliss-reactive ketones (excluding diaryl/α,β-unsaturated/α-hetero) is 1. The maximum absolute atomic E-state index is 12.4. The molecule has 2 aromatic rings. The Kier molecular flexibility index (Phi) is 3.38. The first-order valence-electron chi connectivity index (χ1n) is 7.03. The highest BCUT2D eigenvalue weighted by atomic mass is 16.3. The van der Waals surface area contributed by atoms with Crippen molar-refractivity contribution in [3.8, 4) is 0 Å². The summed E-state index contributed by atoms with van der Waals surface area (Å²) in [7, 11) is 0. The third kappa shape index (κ3) is 2.30. The molecule has 1 aromatic heterocycles. The first-order valence-corrected chi connectivity index (χ1v) is 7.03. The van der Waals surface area contributed by atoms with Gasteiger partial charge in [-0.1, -0.05) is 25.1 Å². The molecular weight excluding hydrogens is 238 g/mol. The first kappa shape index (κ1) is 12.4. The fraction of sp³-hybridized carbons (Fsp3) is 0.438. The van der Waals surface area contributed by atoms with Gasteiger partial charge in [-0.2, -0.15) is 0 Å². The van der Waals surface area contributed by atoms with Crippen LogP contribution in [0.1, 0.15) is 36.5 Å². The van der Waals surface area contributed by atoms with E-state index in [4.69, 9.17) is 4.42 Å². The largest absolute Gasteiger partial charge is 0.464 e. The third-order valence-electron chi connectivity index (χ3n) is 4.10. The molecule has 0 aliphatic carbocycles. The predicted molar refractivity (Wildman–Crippen MR) is 75.4 cm³/mol. The van der Waals surface area contributed by atoms with Gasteiger partial charge in [0.15, 0.2) is 5.78 Å². The van der Waals surface area contributed by atoms with Gasteiger partial charge in [-0.25, -0.2) is 0 Å². The fourth-order valence-electron chi connectivity index (χ4n) is 3.03. The van der Waals surface area contributed by atoms with Crippen molar-refractivity contribution in [3.63, 3.8) is 0 Å². The van der Waals surface area contributed by atoms with Crippen molar-refractivity contribution >= 4 is 16.8 Å². The molecule has 1 aromatic carbocycles. The minimum Gasteiger partial charge on any atom is -0.464 e. The van der Waals surface area contributed by atoms with Crippen molar-refractivity contribution in [3.05, 3.63) is 36.1 Å². The minimum atomic E-state index is 0.172. The molecular formula is C16H19NO2. The first-order chi connectivity index (χ1) is 9.29. The molecule has 0 spiro atoms. The number of ketones is 1. The van der Waals surface area contributed by atoms with Crippen LogP contribution < -0.4 is 0 Å². The van der Waals surface area contributed by atoms with Crippen LogP contribution in [-0.4, -0.2) is 29.8 Å². The monoisotopic (exact) mass is 257 g/mol. The minimum absolute atomic E-state index is 0.172. The van der Waals surface area contributed by atoms with E-state index in [1.54, 1.807) is 6.26 Å². The smallest absolute Gasteiger partial charge is 0.180 e. The Morgan fingerprint density at radius 3 is 3.11 bits per heavy atom. The van der Waals surface area contributed by atoms with Crippen molar-refractivity contribution in [2.75, 3.05) is 13.1 Å². The van der Waals surface area contributed by atoms with Crippen molar-refractivity contribution < 1.29 is 9.21 Å². The SMILES string of the molecule is CCC1CCCN1CC(=O)c1coc2ccccc12. The summed E-state index contributed by atoms with van der Waals surface area (Å²) >= 11 is 0. The number of carbonyl (C=O) groups is 1.